The maximum absolute atomic E-state index is 13.6. The first-order valence-electron chi connectivity index (χ1n) is 5.72. The van der Waals surface area contributed by atoms with E-state index in [0.29, 0.717) is 4.47 Å². The molecule has 1 aromatic heterocycles. The zero-order valence-corrected chi connectivity index (χ0v) is 11.9. The van der Waals surface area contributed by atoms with Crippen LogP contribution in [0.2, 0.25) is 0 Å². The number of hydrogen-bond acceptors (Lipinski definition) is 2. The normalized spacial score (nSPS) is 10.3. The molecular formula is C14H12BrFN2O. The molecule has 5 heteroatoms. The summed E-state index contributed by atoms with van der Waals surface area (Å²) in [5, 5.41) is 2.65. The predicted octanol–water partition coefficient (Wildman–Crippen LogP) is 3.22. The van der Waals surface area contributed by atoms with E-state index in [2.05, 4.69) is 26.2 Å². The van der Waals surface area contributed by atoms with E-state index in [4.69, 9.17) is 0 Å². The summed E-state index contributed by atoms with van der Waals surface area (Å²) in [5.41, 5.74) is 1.64. The van der Waals surface area contributed by atoms with E-state index < -0.39 is 11.7 Å². The highest BCUT2D eigenvalue weighted by molar-refractivity contribution is 9.10. The van der Waals surface area contributed by atoms with Crippen molar-refractivity contribution in [2.24, 2.45) is 0 Å². The smallest absolute Gasteiger partial charge is 0.254 e. The summed E-state index contributed by atoms with van der Waals surface area (Å²) >= 11 is 3.15. The molecule has 3 nitrogen and oxygen atoms in total. The van der Waals surface area contributed by atoms with Crippen LogP contribution in [0.3, 0.4) is 0 Å². The van der Waals surface area contributed by atoms with Crippen molar-refractivity contribution < 1.29 is 9.18 Å². The lowest BCUT2D eigenvalue weighted by atomic mass is 10.2. The van der Waals surface area contributed by atoms with E-state index in [0.717, 1.165) is 11.4 Å². The lowest BCUT2D eigenvalue weighted by Gasteiger charge is -2.06. The molecular weight excluding hydrogens is 311 g/mol. The molecule has 0 saturated heterocycles. The first-order valence-corrected chi connectivity index (χ1v) is 6.51. The van der Waals surface area contributed by atoms with E-state index in [1.165, 1.54) is 12.1 Å². The van der Waals surface area contributed by atoms with Crippen molar-refractivity contribution in [3.8, 4) is 0 Å². The molecule has 0 spiro atoms. The fourth-order valence-electron chi connectivity index (χ4n) is 1.64. The highest BCUT2D eigenvalue weighted by Crippen LogP contribution is 2.15. The number of hydrogen-bond donors (Lipinski definition) is 1. The maximum atomic E-state index is 13.6. The number of carbonyl (C=O) groups excluding carboxylic acids is 1. The zero-order valence-electron chi connectivity index (χ0n) is 10.3. The summed E-state index contributed by atoms with van der Waals surface area (Å²) in [6.07, 6.45) is 0. The SMILES string of the molecule is Cc1cccc(CNC(=O)c2ccc(Br)cc2F)n1. The Morgan fingerprint density at radius 2 is 2.16 bits per heavy atom. The van der Waals surface area contributed by atoms with Gasteiger partial charge in [0, 0.05) is 10.2 Å². The van der Waals surface area contributed by atoms with Crippen LogP contribution in [0.1, 0.15) is 21.7 Å². The molecule has 0 aliphatic rings. The van der Waals surface area contributed by atoms with E-state index >= 15 is 0 Å². The number of amides is 1. The van der Waals surface area contributed by atoms with Crippen LogP contribution < -0.4 is 5.32 Å². The van der Waals surface area contributed by atoms with Crippen molar-refractivity contribution >= 4 is 21.8 Å². The van der Waals surface area contributed by atoms with Gasteiger partial charge in [-0.1, -0.05) is 22.0 Å². The molecule has 2 aromatic rings. The van der Waals surface area contributed by atoms with Gasteiger partial charge >= 0.3 is 0 Å². The van der Waals surface area contributed by atoms with Gasteiger partial charge in [-0.05, 0) is 37.3 Å². The standard InChI is InChI=1S/C14H12BrFN2O/c1-9-3-2-4-11(18-9)8-17-14(19)12-6-5-10(15)7-13(12)16/h2-7H,8H2,1H3,(H,17,19). The average Bonchev–Trinajstić information content (AvgIpc) is 2.36. The highest BCUT2D eigenvalue weighted by atomic mass is 79.9. The van der Waals surface area contributed by atoms with Crippen LogP contribution >= 0.6 is 15.9 Å². The lowest BCUT2D eigenvalue weighted by molar-refractivity contribution is 0.0946. The molecule has 1 heterocycles. The second-order valence-electron chi connectivity index (χ2n) is 4.08. The lowest BCUT2D eigenvalue weighted by Crippen LogP contribution is -2.24. The molecule has 0 fully saturated rings. The Balaban J connectivity index is 2.05. The molecule has 1 N–H and O–H groups in total. The Morgan fingerprint density at radius 1 is 1.37 bits per heavy atom. The largest absolute Gasteiger partial charge is 0.346 e. The van der Waals surface area contributed by atoms with Gasteiger partial charge in [-0.3, -0.25) is 9.78 Å². The summed E-state index contributed by atoms with van der Waals surface area (Å²) in [6.45, 7) is 2.15. The predicted molar refractivity (Wildman–Crippen MR) is 74.2 cm³/mol. The topological polar surface area (TPSA) is 42.0 Å². The highest BCUT2D eigenvalue weighted by Gasteiger charge is 2.11. The number of pyridine rings is 1. The molecule has 19 heavy (non-hydrogen) atoms. The molecule has 98 valence electrons. The summed E-state index contributed by atoms with van der Waals surface area (Å²) in [4.78, 5) is 16.1. The molecule has 2 rings (SSSR count). The quantitative estimate of drug-likeness (QED) is 0.942. The second kappa shape index (κ2) is 5.93. The summed E-state index contributed by atoms with van der Waals surface area (Å²) < 4.78 is 14.2. The number of aromatic nitrogens is 1. The van der Waals surface area contributed by atoms with Gasteiger partial charge in [0.2, 0.25) is 0 Å². The van der Waals surface area contributed by atoms with Gasteiger partial charge in [-0.25, -0.2) is 4.39 Å². The van der Waals surface area contributed by atoms with Crippen molar-refractivity contribution in [2.45, 2.75) is 13.5 Å². The summed E-state index contributed by atoms with van der Waals surface area (Å²) in [6, 6.07) is 9.89. The zero-order chi connectivity index (χ0) is 13.8. The van der Waals surface area contributed by atoms with Crippen LogP contribution in [0, 0.1) is 12.7 Å². The van der Waals surface area contributed by atoms with Gasteiger partial charge in [0.1, 0.15) is 5.82 Å². The molecule has 1 amide bonds. The van der Waals surface area contributed by atoms with Gasteiger partial charge < -0.3 is 5.32 Å². The fourth-order valence-corrected chi connectivity index (χ4v) is 1.97. The number of nitrogens with zero attached hydrogens (tertiary/aromatic N) is 1. The Bertz CT molecular complexity index is 616. The third-order valence-corrected chi connectivity index (χ3v) is 3.05. The van der Waals surface area contributed by atoms with Crippen LogP contribution in [-0.2, 0) is 6.54 Å². The minimum absolute atomic E-state index is 0.0239. The van der Waals surface area contributed by atoms with Crippen molar-refractivity contribution in [2.75, 3.05) is 0 Å². The Morgan fingerprint density at radius 3 is 2.84 bits per heavy atom. The van der Waals surface area contributed by atoms with E-state index in [-0.39, 0.29) is 12.1 Å². The first kappa shape index (κ1) is 13.7. The second-order valence-corrected chi connectivity index (χ2v) is 4.99. The molecule has 0 unspecified atom stereocenters. The summed E-state index contributed by atoms with van der Waals surface area (Å²) in [7, 11) is 0. The van der Waals surface area contributed by atoms with Gasteiger partial charge in [-0.2, -0.15) is 0 Å². The molecule has 1 aromatic carbocycles. The molecule has 0 saturated carbocycles. The van der Waals surface area contributed by atoms with Crippen molar-refractivity contribution in [1.29, 1.82) is 0 Å². The van der Waals surface area contributed by atoms with Crippen LogP contribution in [0.25, 0.3) is 0 Å². The van der Waals surface area contributed by atoms with Gasteiger partial charge in [0.15, 0.2) is 0 Å². The van der Waals surface area contributed by atoms with E-state index in [9.17, 15) is 9.18 Å². The minimum Gasteiger partial charge on any atom is -0.346 e. The first-order chi connectivity index (χ1) is 9.06. The number of carbonyl (C=O) groups is 1. The van der Waals surface area contributed by atoms with Gasteiger partial charge in [-0.15, -0.1) is 0 Å². The van der Waals surface area contributed by atoms with Gasteiger partial charge in [0.05, 0.1) is 17.8 Å². The average molecular weight is 323 g/mol. The number of rotatable bonds is 3. The van der Waals surface area contributed by atoms with Crippen LogP contribution in [0.4, 0.5) is 4.39 Å². The molecule has 0 aliphatic heterocycles. The molecule has 0 radical (unpaired) electrons. The van der Waals surface area contributed by atoms with Crippen LogP contribution in [-0.4, -0.2) is 10.9 Å². The minimum atomic E-state index is -0.552. The van der Waals surface area contributed by atoms with Crippen molar-refractivity contribution in [3.05, 3.63) is 63.6 Å². The van der Waals surface area contributed by atoms with Crippen LogP contribution in [0.15, 0.2) is 40.9 Å². The third-order valence-electron chi connectivity index (χ3n) is 2.55. The number of halogens is 2. The Labute approximate surface area is 119 Å². The van der Waals surface area contributed by atoms with Gasteiger partial charge in [0.25, 0.3) is 5.91 Å². The number of nitrogens with one attached hydrogen (secondary N) is 1. The third kappa shape index (κ3) is 3.61. The Kier molecular flexibility index (Phi) is 4.27. The number of benzene rings is 1. The number of aryl methyl sites for hydroxylation is 1. The van der Waals surface area contributed by atoms with Crippen LogP contribution in [0.5, 0.6) is 0 Å². The summed E-state index contributed by atoms with van der Waals surface area (Å²) in [5.74, 6) is -1.00. The van der Waals surface area contributed by atoms with Crippen molar-refractivity contribution in [3.63, 3.8) is 0 Å². The molecule has 0 aliphatic carbocycles. The van der Waals surface area contributed by atoms with E-state index in [1.807, 2.05) is 25.1 Å². The Hall–Kier alpha value is -1.75. The molecule has 0 atom stereocenters. The maximum Gasteiger partial charge on any atom is 0.254 e. The molecule has 0 bridgehead atoms. The monoisotopic (exact) mass is 322 g/mol. The van der Waals surface area contributed by atoms with E-state index in [1.54, 1.807) is 6.07 Å². The van der Waals surface area contributed by atoms with Crippen molar-refractivity contribution in [1.82, 2.24) is 10.3 Å². The fraction of sp³-hybridized carbons (Fsp3) is 0.143.